The lowest BCUT2D eigenvalue weighted by Crippen LogP contribution is -2.39. The Morgan fingerprint density at radius 2 is 1.88 bits per heavy atom. The van der Waals surface area contributed by atoms with Crippen LogP contribution in [0.15, 0.2) is 30.3 Å². The van der Waals surface area contributed by atoms with Crippen LogP contribution in [0.25, 0.3) is 0 Å². The average Bonchev–Trinajstić information content (AvgIpc) is 2.55. The molecule has 1 unspecified atom stereocenters. The Hall–Kier alpha value is -2.04. The maximum Gasteiger partial charge on any atom is 0.329 e. The number of carbonyl (C=O) groups excluding carboxylic acids is 2. The minimum absolute atomic E-state index is 0.321. The zero-order chi connectivity index (χ0) is 12.4. The van der Waals surface area contributed by atoms with Crippen LogP contribution in [0.2, 0.25) is 0 Å². The van der Waals surface area contributed by atoms with E-state index in [1.165, 1.54) is 11.9 Å². The van der Waals surface area contributed by atoms with Gasteiger partial charge in [0.2, 0.25) is 0 Å². The van der Waals surface area contributed by atoms with E-state index in [-0.39, 0.29) is 11.9 Å². The Kier molecular flexibility index (Phi) is 2.99. The number of benzene rings is 1. The molecule has 1 aromatic rings. The normalized spacial score (nSPS) is 20.0. The lowest BCUT2D eigenvalue weighted by Gasteiger charge is -2.20. The highest BCUT2D eigenvalue weighted by molar-refractivity contribution is 6.03. The molecule has 90 valence electrons. The van der Waals surface area contributed by atoms with Gasteiger partial charge in [-0.1, -0.05) is 18.2 Å². The maximum absolute atomic E-state index is 11.8. The second kappa shape index (κ2) is 4.45. The van der Waals surface area contributed by atoms with Crippen molar-refractivity contribution < 1.29 is 14.3 Å². The number of likely N-dealkylation sites (N-methyl/N-ethyl adjacent to an activating group) is 2. The topological polar surface area (TPSA) is 49.9 Å². The highest BCUT2D eigenvalue weighted by Crippen LogP contribution is 2.20. The summed E-state index contributed by atoms with van der Waals surface area (Å²) in [5.74, 6) is 0.244. The van der Waals surface area contributed by atoms with Crippen LogP contribution in [0.5, 0.6) is 5.75 Å². The predicted molar refractivity (Wildman–Crippen MR) is 61.4 cm³/mol. The van der Waals surface area contributed by atoms with Crippen LogP contribution in [0, 0.1) is 0 Å². The number of para-hydroxylation sites is 1. The quantitative estimate of drug-likeness (QED) is 0.741. The molecule has 3 amide bonds. The third-order valence-electron chi connectivity index (χ3n) is 2.69. The summed E-state index contributed by atoms with van der Waals surface area (Å²) in [5, 5.41) is 0. The molecule has 1 aliphatic rings. The molecule has 1 aliphatic heterocycles. The largest absolute Gasteiger partial charge is 0.461 e. The minimum atomic E-state index is -0.847. The molecule has 0 N–H and O–H groups in total. The molecular formula is C12H14N2O3. The standard InChI is InChI=1S/C12H14N2O3/c1-3-14-11(10(15)13(2)12(14)16)17-9-7-5-4-6-8-9/h4-8,11H,3H2,1-2H3. The first-order chi connectivity index (χ1) is 8.15. The Morgan fingerprint density at radius 3 is 2.47 bits per heavy atom. The third kappa shape index (κ3) is 1.95. The van der Waals surface area contributed by atoms with Crippen molar-refractivity contribution in [2.24, 2.45) is 0 Å². The van der Waals surface area contributed by atoms with Crippen molar-refractivity contribution in [2.75, 3.05) is 13.6 Å². The molecule has 0 bridgehead atoms. The van der Waals surface area contributed by atoms with Crippen LogP contribution in [0.4, 0.5) is 4.79 Å². The number of hydrogen-bond donors (Lipinski definition) is 0. The molecule has 0 radical (unpaired) electrons. The fourth-order valence-corrected chi connectivity index (χ4v) is 1.73. The summed E-state index contributed by atoms with van der Waals surface area (Å²) in [5.41, 5.74) is 0. The van der Waals surface area contributed by atoms with E-state index in [0.717, 1.165) is 4.90 Å². The first-order valence-electron chi connectivity index (χ1n) is 5.45. The third-order valence-corrected chi connectivity index (χ3v) is 2.69. The highest BCUT2D eigenvalue weighted by Gasteiger charge is 2.43. The predicted octanol–water partition coefficient (Wildman–Crippen LogP) is 1.31. The van der Waals surface area contributed by atoms with Crippen LogP contribution in [-0.2, 0) is 4.79 Å². The van der Waals surface area contributed by atoms with Crippen LogP contribution >= 0.6 is 0 Å². The first-order valence-corrected chi connectivity index (χ1v) is 5.45. The van der Waals surface area contributed by atoms with E-state index >= 15 is 0 Å². The molecule has 0 saturated carbocycles. The summed E-state index contributed by atoms with van der Waals surface area (Å²) in [4.78, 5) is 26.0. The van der Waals surface area contributed by atoms with Gasteiger partial charge in [0.25, 0.3) is 12.1 Å². The highest BCUT2D eigenvalue weighted by atomic mass is 16.5. The summed E-state index contributed by atoms with van der Waals surface area (Å²) >= 11 is 0. The molecule has 0 aliphatic carbocycles. The molecule has 5 nitrogen and oxygen atoms in total. The molecule has 17 heavy (non-hydrogen) atoms. The van der Waals surface area contributed by atoms with Crippen molar-refractivity contribution in [3.8, 4) is 5.75 Å². The van der Waals surface area contributed by atoms with Gasteiger partial charge >= 0.3 is 6.03 Å². The van der Waals surface area contributed by atoms with Crippen molar-refractivity contribution >= 4 is 11.9 Å². The number of urea groups is 1. The summed E-state index contributed by atoms with van der Waals surface area (Å²) < 4.78 is 5.55. The summed E-state index contributed by atoms with van der Waals surface area (Å²) in [6.07, 6.45) is -0.847. The SMILES string of the molecule is CCN1C(=O)N(C)C(=O)C1Oc1ccccc1. The molecule has 0 spiro atoms. The fraction of sp³-hybridized carbons (Fsp3) is 0.333. The number of rotatable bonds is 3. The second-order valence-electron chi connectivity index (χ2n) is 3.75. The number of carbonyl (C=O) groups is 2. The lowest BCUT2D eigenvalue weighted by atomic mass is 10.3. The monoisotopic (exact) mass is 234 g/mol. The molecule has 1 atom stereocenters. The molecular weight excluding hydrogens is 220 g/mol. The van der Waals surface area contributed by atoms with Crippen molar-refractivity contribution in [1.29, 1.82) is 0 Å². The fourth-order valence-electron chi connectivity index (χ4n) is 1.73. The zero-order valence-electron chi connectivity index (χ0n) is 9.79. The van der Waals surface area contributed by atoms with Crippen molar-refractivity contribution in [3.05, 3.63) is 30.3 Å². The van der Waals surface area contributed by atoms with E-state index in [4.69, 9.17) is 4.74 Å². The summed E-state index contributed by atoms with van der Waals surface area (Å²) in [6.45, 7) is 2.25. The Labute approximate surface area is 99.6 Å². The molecule has 1 heterocycles. The van der Waals surface area contributed by atoms with Gasteiger partial charge in [0.1, 0.15) is 5.75 Å². The second-order valence-corrected chi connectivity index (χ2v) is 3.75. The Bertz CT molecular complexity index is 433. The van der Waals surface area contributed by atoms with Gasteiger partial charge in [0, 0.05) is 13.6 Å². The van der Waals surface area contributed by atoms with Crippen LogP contribution in [0.3, 0.4) is 0 Å². The van der Waals surface area contributed by atoms with E-state index in [9.17, 15) is 9.59 Å². The number of ether oxygens (including phenoxy) is 1. The van der Waals surface area contributed by atoms with Crippen LogP contribution in [0.1, 0.15) is 6.92 Å². The van der Waals surface area contributed by atoms with E-state index in [1.54, 1.807) is 12.1 Å². The lowest BCUT2D eigenvalue weighted by molar-refractivity contribution is -0.134. The van der Waals surface area contributed by atoms with Crippen LogP contribution < -0.4 is 4.74 Å². The summed E-state index contributed by atoms with van der Waals surface area (Å²) in [7, 11) is 1.46. The van der Waals surface area contributed by atoms with Crippen LogP contribution in [-0.4, -0.2) is 41.6 Å². The Balaban J connectivity index is 2.20. The van der Waals surface area contributed by atoms with Gasteiger partial charge in [-0.15, -0.1) is 0 Å². The van der Waals surface area contributed by atoms with E-state index in [0.29, 0.717) is 12.3 Å². The first kappa shape index (κ1) is 11.4. The van der Waals surface area contributed by atoms with Gasteiger partial charge in [0.15, 0.2) is 0 Å². The van der Waals surface area contributed by atoms with Gasteiger partial charge in [0.05, 0.1) is 0 Å². The van der Waals surface area contributed by atoms with Gasteiger partial charge < -0.3 is 4.74 Å². The van der Waals surface area contributed by atoms with Gasteiger partial charge in [-0.2, -0.15) is 0 Å². The van der Waals surface area contributed by atoms with E-state index < -0.39 is 6.23 Å². The zero-order valence-corrected chi connectivity index (χ0v) is 9.79. The van der Waals surface area contributed by atoms with E-state index in [1.807, 2.05) is 25.1 Å². The maximum atomic E-state index is 11.8. The van der Waals surface area contributed by atoms with E-state index in [2.05, 4.69) is 0 Å². The molecule has 2 rings (SSSR count). The molecule has 1 fully saturated rings. The number of imide groups is 1. The average molecular weight is 234 g/mol. The molecule has 0 aromatic heterocycles. The van der Waals surface area contributed by atoms with Crippen molar-refractivity contribution in [3.63, 3.8) is 0 Å². The smallest absolute Gasteiger partial charge is 0.329 e. The number of amides is 3. The van der Waals surface area contributed by atoms with Gasteiger partial charge in [-0.25, -0.2) is 4.79 Å². The number of nitrogens with zero attached hydrogens (tertiary/aromatic N) is 2. The molecule has 5 heteroatoms. The number of hydrogen-bond acceptors (Lipinski definition) is 3. The van der Waals surface area contributed by atoms with Gasteiger partial charge in [-0.3, -0.25) is 14.6 Å². The minimum Gasteiger partial charge on any atom is -0.461 e. The van der Waals surface area contributed by atoms with Gasteiger partial charge in [-0.05, 0) is 19.1 Å². The van der Waals surface area contributed by atoms with Crippen molar-refractivity contribution in [2.45, 2.75) is 13.2 Å². The molecule has 1 aromatic carbocycles. The van der Waals surface area contributed by atoms with Crippen molar-refractivity contribution in [1.82, 2.24) is 9.80 Å². The molecule has 1 saturated heterocycles. The summed E-state index contributed by atoms with van der Waals surface area (Å²) in [6, 6.07) is 8.68. The Morgan fingerprint density at radius 1 is 1.24 bits per heavy atom.